The van der Waals surface area contributed by atoms with E-state index in [4.69, 9.17) is 5.14 Å². The Labute approximate surface area is 110 Å². The van der Waals surface area contributed by atoms with Crippen LogP contribution in [0, 0.1) is 5.82 Å². The highest BCUT2D eigenvalue weighted by atomic mass is 32.2. The average molecular weight is 308 g/mol. The van der Waals surface area contributed by atoms with Gasteiger partial charge in [0.2, 0.25) is 20.0 Å². The van der Waals surface area contributed by atoms with Crippen LogP contribution in [0.25, 0.3) is 0 Å². The van der Waals surface area contributed by atoms with Crippen molar-refractivity contribution in [1.82, 2.24) is 4.72 Å². The lowest BCUT2D eigenvalue weighted by atomic mass is 10.3. The molecule has 0 amide bonds. The zero-order valence-electron chi connectivity index (χ0n) is 10.1. The van der Waals surface area contributed by atoms with Gasteiger partial charge in [0, 0.05) is 5.54 Å². The van der Waals surface area contributed by atoms with Crippen LogP contribution in [0.15, 0.2) is 28.0 Å². The number of halogens is 1. The molecule has 2 rings (SSSR count). The summed E-state index contributed by atoms with van der Waals surface area (Å²) in [7, 11) is -8.07. The molecule has 0 radical (unpaired) electrons. The molecule has 0 aliphatic heterocycles. The molecule has 0 spiro atoms. The van der Waals surface area contributed by atoms with E-state index < -0.39 is 41.2 Å². The van der Waals surface area contributed by atoms with Crippen molar-refractivity contribution >= 4 is 20.0 Å². The van der Waals surface area contributed by atoms with Crippen molar-refractivity contribution in [2.75, 3.05) is 0 Å². The highest BCUT2D eigenvalue weighted by Crippen LogP contribution is 2.36. The molecular formula is C10H13FN2O4S2. The van der Waals surface area contributed by atoms with Crippen molar-refractivity contribution in [3.8, 4) is 0 Å². The second-order valence-electron chi connectivity index (χ2n) is 4.80. The van der Waals surface area contributed by atoms with Crippen molar-refractivity contribution < 1.29 is 21.2 Å². The Morgan fingerprint density at radius 1 is 1.26 bits per heavy atom. The Morgan fingerprint density at radius 2 is 1.84 bits per heavy atom. The fourth-order valence-corrected chi connectivity index (χ4v) is 3.60. The van der Waals surface area contributed by atoms with Gasteiger partial charge in [0.25, 0.3) is 0 Å². The fourth-order valence-electron chi connectivity index (χ4n) is 1.55. The molecule has 1 aromatic carbocycles. The van der Waals surface area contributed by atoms with E-state index in [0.717, 1.165) is 12.1 Å². The predicted molar refractivity (Wildman–Crippen MR) is 65.7 cm³/mol. The van der Waals surface area contributed by atoms with Gasteiger partial charge < -0.3 is 0 Å². The Bertz CT molecular complexity index is 724. The van der Waals surface area contributed by atoms with Crippen molar-refractivity contribution in [3.63, 3.8) is 0 Å². The van der Waals surface area contributed by atoms with Crippen LogP contribution < -0.4 is 9.86 Å². The number of primary sulfonamides is 1. The second-order valence-corrected chi connectivity index (χ2v) is 8.02. The molecule has 1 fully saturated rings. The Balaban J connectivity index is 2.41. The summed E-state index contributed by atoms with van der Waals surface area (Å²) in [4.78, 5) is -1.06. The normalized spacial score (nSPS) is 18.3. The van der Waals surface area contributed by atoms with Gasteiger partial charge in [-0.25, -0.2) is 31.1 Å². The van der Waals surface area contributed by atoms with E-state index in [0.29, 0.717) is 18.9 Å². The lowest BCUT2D eigenvalue weighted by Crippen LogP contribution is -2.34. The average Bonchev–Trinajstić information content (AvgIpc) is 2.92. The smallest absolute Gasteiger partial charge is 0.225 e. The highest BCUT2D eigenvalue weighted by Gasteiger charge is 2.41. The zero-order chi connectivity index (χ0) is 14.5. The molecule has 0 unspecified atom stereocenters. The largest absolute Gasteiger partial charge is 0.243 e. The Hall–Kier alpha value is -1.03. The standard InChI is InChI=1S/C10H13FN2O4S2/c1-10(4-5-10)13-19(16,17)9-3-2-7(6-8(9)11)18(12,14)15/h2-3,6,13H,4-5H2,1H3,(H2,12,14,15). The lowest BCUT2D eigenvalue weighted by Gasteiger charge is -2.13. The maximum Gasteiger partial charge on any atom is 0.243 e. The summed E-state index contributed by atoms with van der Waals surface area (Å²) in [5.41, 5.74) is -0.538. The van der Waals surface area contributed by atoms with Gasteiger partial charge in [-0.2, -0.15) is 0 Å². The minimum absolute atomic E-state index is 0.471. The lowest BCUT2D eigenvalue weighted by molar-refractivity contribution is 0.538. The summed E-state index contributed by atoms with van der Waals surface area (Å²) >= 11 is 0. The van der Waals surface area contributed by atoms with E-state index in [-0.39, 0.29) is 0 Å². The molecule has 1 aliphatic carbocycles. The molecule has 19 heavy (non-hydrogen) atoms. The van der Waals surface area contributed by atoms with Crippen LogP contribution in [-0.4, -0.2) is 22.4 Å². The first kappa shape index (κ1) is 14.4. The van der Waals surface area contributed by atoms with Gasteiger partial charge in [0.05, 0.1) is 4.90 Å². The van der Waals surface area contributed by atoms with E-state index in [1.54, 1.807) is 6.92 Å². The molecule has 6 nitrogen and oxygen atoms in total. The monoisotopic (exact) mass is 308 g/mol. The van der Waals surface area contributed by atoms with Crippen molar-refractivity contribution in [2.24, 2.45) is 5.14 Å². The molecule has 0 heterocycles. The molecule has 0 atom stereocenters. The maximum atomic E-state index is 13.7. The SMILES string of the molecule is CC1(NS(=O)(=O)c2ccc(S(N)(=O)=O)cc2F)CC1. The molecule has 1 aromatic rings. The van der Waals surface area contributed by atoms with Gasteiger partial charge in [0.1, 0.15) is 10.7 Å². The summed E-state index contributed by atoms with van der Waals surface area (Å²) in [6, 6.07) is 2.45. The summed E-state index contributed by atoms with van der Waals surface area (Å²) in [6.45, 7) is 1.71. The van der Waals surface area contributed by atoms with Crippen LogP contribution in [0.1, 0.15) is 19.8 Å². The van der Waals surface area contributed by atoms with Crippen LogP contribution in [0.4, 0.5) is 4.39 Å². The first-order chi connectivity index (χ1) is 8.54. The third-order valence-electron chi connectivity index (χ3n) is 2.90. The number of sulfonamides is 2. The maximum absolute atomic E-state index is 13.7. The van der Waals surface area contributed by atoms with Crippen molar-refractivity contribution in [2.45, 2.75) is 35.1 Å². The summed E-state index contributed by atoms with van der Waals surface area (Å²) in [5, 5.41) is 4.84. The van der Waals surface area contributed by atoms with E-state index in [1.165, 1.54) is 0 Å². The minimum atomic E-state index is -4.07. The number of hydrogen-bond acceptors (Lipinski definition) is 4. The quantitative estimate of drug-likeness (QED) is 0.834. The van der Waals surface area contributed by atoms with Crippen LogP contribution in [0.3, 0.4) is 0 Å². The van der Waals surface area contributed by atoms with Crippen molar-refractivity contribution in [3.05, 3.63) is 24.0 Å². The van der Waals surface area contributed by atoms with Gasteiger partial charge in [-0.3, -0.25) is 0 Å². The third kappa shape index (κ3) is 3.11. The van der Waals surface area contributed by atoms with Gasteiger partial charge in [0.15, 0.2) is 0 Å². The predicted octanol–water partition coefficient (Wildman–Crippen LogP) is 0.304. The van der Waals surface area contributed by atoms with E-state index >= 15 is 0 Å². The molecule has 106 valence electrons. The molecule has 0 aromatic heterocycles. The molecular weight excluding hydrogens is 295 g/mol. The second kappa shape index (κ2) is 4.23. The number of hydrogen-bond donors (Lipinski definition) is 2. The fraction of sp³-hybridized carbons (Fsp3) is 0.400. The summed E-state index contributed by atoms with van der Waals surface area (Å²) in [6.07, 6.45) is 1.37. The van der Waals surface area contributed by atoms with E-state index in [9.17, 15) is 21.2 Å². The molecule has 9 heteroatoms. The van der Waals surface area contributed by atoms with Crippen molar-refractivity contribution in [1.29, 1.82) is 0 Å². The zero-order valence-corrected chi connectivity index (χ0v) is 11.7. The van der Waals surface area contributed by atoms with Crippen LogP contribution in [-0.2, 0) is 20.0 Å². The van der Waals surface area contributed by atoms with E-state index in [2.05, 4.69) is 4.72 Å². The first-order valence-corrected chi connectivity index (χ1v) is 8.43. The van der Waals surface area contributed by atoms with Gasteiger partial charge in [-0.05, 0) is 38.0 Å². The number of nitrogens with two attached hydrogens (primary N) is 1. The number of benzene rings is 1. The highest BCUT2D eigenvalue weighted by molar-refractivity contribution is 7.89. The molecule has 0 saturated heterocycles. The Kier molecular flexibility index (Phi) is 3.21. The molecule has 3 N–H and O–H groups in total. The topological polar surface area (TPSA) is 106 Å². The van der Waals surface area contributed by atoms with Crippen LogP contribution in [0.5, 0.6) is 0 Å². The molecule has 1 aliphatic rings. The van der Waals surface area contributed by atoms with Gasteiger partial charge >= 0.3 is 0 Å². The van der Waals surface area contributed by atoms with Crippen LogP contribution >= 0.6 is 0 Å². The summed E-state index contributed by atoms with van der Waals surface area (Å²) < 4.78 is 62.0. The molecule has 0 bridgehead atoms. The third-order valence-corrected chi connectivity index (χ3v) is 5.48. The van der Waals surface area contributed by atoms with Gasteiger partial charge in [-0.1, -0.05) is 0 Å². The first-order valence-electron chi connectivity index (χ1n) is 5.40. The molecule has 1 saturated carbocycles. The number of nitrogens with one attached hydrogen (secondary N) is 1. The minimum Gasteiger partial charge on any atom is -0.225 e. The van der Waals surface area contributed by atoms with Gasteiger partial charge in [-0.15, -0.1) is 0 Å². The van der Waals surface area contributed by atoms with Crippen LogP contribution in [0.2, 0.25) is 0 Å². The number of rotatable bonds is 4. The van der Waals surface area contributed by atoms with E-state index in [1.807, 2.05) is 0 Å². The summed E-state index contributed by atoms with van der Waals surface area (Å²) in [5.74, 6) is -1.15. The Morgan fingerprint density at radius 3 is 2.26 bits per heavy atom.